The molecule has 0 aliphatic heterocycles. The van der Waals surface area contributed by atoms with E-state index < -0.39 is 29.1 Å². The van der Waals surface area contributed by atoms with Crippen LogP contribution in [0, 0.1) is 18.6 Å². The van der Waals surface area contributed by atoms with Gasteiger partial charge in [-0.05, 0) is 43.7 Å². The summed E-state index contributed by atoms with van der Waals surface area (Å²) < 4.78 is 33.7. The third-order valence-corrected chi connectivity index (χ3v) is 4.80. The summed E-state index contributed by atoms with van der Waals surface area (Å²) in [5.74, 6) is -3.15. The minimum Gasteiger partial charge on any atom is -0.462 e. The summed E-state index contributed by atoms with van der Waals surface area (Å²) in [5.41, 5.74) is 1.17. The van der Waals surface area contributed by atoms with Crippen LogP contribution in [0.1, 0.15) is 33.2 Å². The molecule has 2 heterocycles. The number of aryl methyl sites for hydroxylation is 1. The van der Waals surface area contributed by atoms with Gasteiger partial charge >= 0.3 is 5.97 Å². The number of carbonyl (C=O) groups is 2. The van der Waals surface area contributed by atoms with Crippen molar-refractivity contribution in [3.63, 3.8) is 0 Å². The Morgan fingerprint density at radius 3 is 2.62 bits per heavy atom. The van der Waals surface area contributed by atoms with E-state index in [0.29, 0.717) is 17.4 Å². The highest BCUT2D eigenvalue weighted by molar-refractivity contribution is 6.07. The first-order valence-electron chi connectivity index (χ1n) is 9.77. The van der Waals surface area contributed by atoms with E-state index in [1.165, 1.54) is 10.9 Å². The average Bonchev–Trinajstić information content (AvgIpc) is 3.17. The van der Waals surface area contributed by atoms with E-state index in [0.717, 1.165) is 23.1 Å². The quantitative estimate of drug-likeness (QED) is 0.468. The molecule has 4 aromatic rings. The Morgan fingerprint density at radius 1 is 1.09 bits per heavy atom. The number of para-hydroxylation sites is 1. The summed E-state index contributed by atoms with van der Waals surface area (Å²) >= 11 is 0. The molecule has 0 saturated carbocycles. The standard InChI is InChI=1S/C23H18F2N4O3/c1-3-32-23(31)17-12-26-29(20-10-13(2)15-6-4-5-7-19(15)27-20)21(17)28-22(30)16-9-8-14(24)11-18(16)25/h4-12H,3H2,1-2H3,(H,28,30). The topological polar surface area (TPSA) is 86.1 Å². The zero-order chi connectivity index (χ0) is 22.8. The molecule has 9 heteroatoms. The molecule has 2 aromatic carbocycles. The number of nitrogens with zero attached hydrogens (tertiary/aromatic N) is 3. The molecule has 32 heavy (non-hydrogen) atoms. The van der Waals surface area contributed by atoms with Crippen LogP contribution in [0.25, 0.3) is 16.7 Å². The van der Waals surface area contributed by atoms with E-state index in [4.69, 9.17) is 4.74 Å². The monoisotopic (exact) mass is 436 g/mol. The first-order chi connectivity index (χ1) is 15.4. The van der Waals surface area contributed by atoms with Crippen LogP contribution < -0.4 is 5.32 Å². The van der Waals surface area contributed by atoms with Gasteiger partial charge in [0.1, 0.15) is 17.2 Å². The van der Waals surface area contributed by atoms with E-state index in [-0.39, 0.29) is 18.0 Å². The van der Waals surface area contributed by atoms with Gasteiger partial charge in [0.15, 0.2) is 11.6 Å². The minimum absolute atomic E-state index is 0.0321. The molecule has 1 amide bonds. The molecular formula is C23H18F2N4O3. The summed E-state index contributed by atoms with van der Waals surface area (Å²) in [5, 5.41) is 7.64. The number of hydrogen-bond donors (Lipinski definition) is 1. The number of benzene rings is 2. The highest BCUT2D eigenvalue weighted by atomic mass is 19.1. The van der Waals surface area contributed by atoms with Gasteiger partial charge in [-0.3, -0.25) is 4.79 Å². The first kappa shape index (κ1) is 21.1. The number of pyridine rings is 1. The van der Waals surface area contributed by atoms with Crippen molar-refractivity contribution in [3.8, 4) is 5.82 Å². The Bertz CT molecular complexity index is 1350. The van der Waals surface area contributed by atoms with Crippen molar-refractivity contribution < 1.29 is 23.1 Å². The Kier molecular flexibility index (Phi) is 5.63. The Morgan fingerprint density at radius 2 is 1.88 bits per heavy atom. The fourth-order valence-electron chi connectivity index (χ4n) is 3.29. The van der Waals surface area contributed by atoms with Gasteiger partial charge in [-0.2, -0.15) is 9.78 Å². The summed E-state index contributed by atoms with van der Waals surface area (Å²) in [6.45, 7) is 3.65. The molecule has 162 valence electrons. The molecule has 0 radical (unpaired) electrons. The molecule has 7 nitrogen and oxygen atoms in total. The van der Waals surface area contributed by atoms with Crippen LogP contribution in [-0.4, -0.2) is 33.2 Å². The second-order valence-electron chi connectivity index (χ2n) is 6.93. The van der Waals surface area contributed by atoms with Gasteiger partial charge in [-0.25, -0.2) is 18.6 Å². The van der Waals surface area contributed by atoms with Gasteiger partial charge in [0.25, 0.3) is 5.91 Å². The molecule has 0 bridgehead atoms. The number of aromatic nitrogens is 3. The normalized spacial score (nSPS) is 10.9. The number of carbonyl (C=O) groups excluding carboxylic acids is 2. The fraction of sp³-hybridized carbons (Fsp3) is 0.130. The summed E-state index contributed by atoms with van der Waals surface area (Å²) in [4.78, 5) is 29.8. The van der Waals surface area contributed by atoms with Crippen LogP contribution in [0.4, 0.5) is 14.6 Å². The van der Waals surface area contributed by atoms with Gasteiger partial charge in [-0.15, -0.1) is 0 Å². The molecule has 0 atom stereocenters. The number of nitrogens with one attached hydrogen (secondary N) is 1. The first-order valence-corrected chi connectivity index (χ1v) is 9.77. The molecule has 0 aliphatic carbocycles. The number of fused-ring (bicyclic) bond motifs is 1. The molecule has 1 N–H and O–H groups in total. The van der Waals surface area contributed by atoms with Crippen molar-refractivity contribution >= 4 is 28.6 Å². The van der Waals surface area contributed by atoms with Gasteiger partial charge in [0.2, 0.25) is 0 Å². The average molecular weight is 436 g/mol. The number of hydrogen-bond acceptors (Lipinski definition) is 5. The number of amides is 1. The maximum Gasteiger partial charge on any atom is 0.343 e. The largest absolute Gasteiger partial charge is 0.462 e. The minimum atomic E-state index is -1.04. The molecule has 0 unspecified atom stereocenters. The Hall–Kier alpha value is -4.14. The molecule has 0 fully saturated rings. The van der Waals surface area contributed by atoms with Crippen molar-refractivity contribution in [1.82, 2.24) is 14.8 Å². The van der Waals surface area contributed by atoms with Crippen molar-refractivity contribution in [2.24, 2.45) is 0 Å². The second-order valence-corrected chi connectivity index (χ2v) is 6.93. The lowest BCUT2D eigenvalue weighted by Crippen LogP contribution is -2.19. The van der Waals surface area contributed by atoms with Crippen LogP contribution in [-0.2, 0) is 4.74 Å². The van der Waals surface area contributed by atoms with E-state index >= 15 is 0 Å². The third kappa shape index (κ3) is 3.92. The predicted octanol–water partition coefficient (Wildman–Crippen LogP) is 4.44. The lowest BCUT2D eigenvalue weighted by Gasteiger charge is -2.12. The smallest absolute Gasteiger partial charge is 0.343 e. The van der Waals surface area contributed by atoms with Gasteiger partial charge in [0.05, 0.1) is 23.9 Å². The van der Waals surface area contributed by atoms with E-state index in [9.17, 15) is 18.4 Å². The molecular weight excluding hydrogens is 418 g/mol. The highest BCUT2D eigenvalue weighted by Crippen LogP contribution is 2.25. The zero-order valence-electron chi connectivity index (χ0n) is 17.2. The maximum atomic E-state index is 14.1. The van der Waals surface area contributed by atoms with E-state index in [1.54, 1.807) is 13.0 Å². The summed E-state index contributed by atoms with van der Waals surface area (Å²) in [6.07, 6.45) is 1.24. The number of ether oxygens (including phenoxy) is 1. The van der Waals surface area contributed by atoms with Crippen LogP contribution >= 0.6 is 0 Å². The van der Waals surface area contributed by atoms with Gasteiger partial charge in [0, 0.05) is 11.5 Å². The third-order valence-electron chi connectivity index (χ3n) is 4.80. The van der Waals surface area contributed by atoms with E-state index in [1.807, 2.05) is 31.2 Å². The summed E-state index contributed by atoms with van der Waals surface area (Å²) in [6, 6.07) is 11.8. The zero-order valence-corrected chi connectivity index (χ0v) is 17.2. The Labute approximate surface area is 181 Å². The fourth-order valence-corrected chi connectivity index (χ4v) is 3.29. The molecule has 2 aromatic heterocycles. The van der Waals surface area contributed by atoms with Crippen molar-refractivity contribution in [2.45, 2.75) is 13.8 Å². The Balaban J connectivity index is 1.82. The molecule has 4 rings (SSSR count). The molecule has 0 saturated heterocycles. The summed E-state index contributed by atoms with van der Waals surface area (Å²) in [7, 11) is 0. The van der Waals surface area contributed by atoms with Crippen molar-refractivity contribution in [2.75, 3.05) is 11.9 Å². The van der Waals surface area contributed by atoms with E-state index in [2.05, 4.69) is 15.4 Å². The maximum absolute atomic E-state index is 14.1. The predicted molar refractivity (Wildman–Crippen MR) is 114 cm³/mol. The SMILES string of the molecule is CCOC(=O)c1cnn(-c2cc(C)c3ccccc3n2)c1NC(=O)c1ccc(F)cc1F. The number of esters is 1. The van der Waals surface area contributed by atoms with Crippen LogP contribution in [0.3, 0.4) is 0 Å². The van der Waals surface area contributed by atoms with Gasteiger partial charge < -0.3 is 10.1 Å². The molecule has 0 spiro atoms. The number of halogens is 2. The van der Waals surface area contributed by atoms with Crippen LogP contribution in [0.15, 0.2) is 54.7 Å². The number of anilines is 1. The van der Waals surface area contributed by atoms with Crippen LogP contribution in [0.2, 0.25) is 0 Å². The van der Waals surface area contributed by atoms with Crippen LogP contribution in [0.5, 0.6) is 0 Å². The lowest BCUT2D eigenvalue weighted by molar-refractivity contribution is 0.0527. The second kappa shape index (κ2) is 8.54. The lowest BCUT2D eigenvalue weighted by atomic mass is 10.1. The van der Waals surface area contributed by atoms with Gasteiger partial charge in [-0.1, -0.05) is 18.2 Å². The highest BCUT2D eigenvalue weighted by Gasteiger charge is 2.24. The van der Waals surface area contributed by atoms with Crippen molar-refractivity contribution in [3.05, 3.63) is 83.1 Å². The molecule has 0 aliphatic rings. The number of rotatable bonds is 5. The van der Waals surface area contributed by atoms with Crippen molar-refractivity contribution in [1.29, 1.82) is 0 Å².